The lowest BCUT2D eigenvalue weighted by molar-refractivity contribution is -0.117. The normalized spacial score (nSPS) is 19.5. The van der Waals surface area contributed by atoms with Crippen LogP contribution in [-0.4, -0.2) is 26.1 Å². The zero-order valence-electron chi connectivity index (χ0n) is 9.51. The highest BCUT2D eigenvalue weighted by atomic mass is 79.9. The van der Waals surface area contributed by atoms with Crippen molar-refractivity contribution in [2.75, 3.05) is 11.4 Å². The Morgan fingerprint density at radius 2 is 2.16 bits per heavy atom. The van der Waals surface area contributed by atoms with Gasteiger partial charge in [0.1, 0.15) is 11.3 Å². The fourth-order valence-corrected chi connectivity index (χ4v) is 3.32. The fourth-order valence-electron chi connectivity index (χ4n) is 1.93. The summed E-state index contributed by atoms with van der Waals surface area (Å²) in [7, 11) is 1.49. The first-order chi connectivity index (χ1) is 8.82. The van der Waals surface area contributed by atoms with Gasteiger partial charge in [0, 0.05) is 28.1 Å². The van der Waals surface area contributed by atoms with E-state index in [9.17, 15) is 13.2 Å². The zero-order chi connectivity index (χ0) is 14.2. The van der Waals surface area contributed by atoms with E-state index in [-0.39, 0.29) is 18.9 Å². The third-order valence-electron chi connectivity index (χ3n) is 2.86. The molecule has 2 rings (SSSR count). The van der Waals surface area contributed by atoms with Gasteiger partial charge in [-0.15, -0.1) is 0 Å². The van der Waals surface area contributed by atoms with Gasteiger partial charge in [-0.05, 0) is 18.2 Å². The molecule has 1 heterocycles. The second kappa shape index (κ2) is 5.12. The van der Waals surface area contributed by atoms with Crippen molar-refractivity contribution < 1.29 is 13.2 Å². The van der Waals surface area contributed by atoms with Crippen LogP contribution in [0.2, 0.25) is 0 Å². The molecule has 5 nitrogen and oxygen atoms in total. The molecule has 0 radical (unpaired) electrons. The van der Waals surface area contributed by atoms with E-state index in [0.29, 0.717) is 15.7 Å². The summed E-state index contributed by atoms with van der Waals surface area (Å²) >= 11 is 3.23. The fraction of sp³-hybridized carbons (Fsp3) is 0.273. The van der Waals surface area contributed by atoms with Crippen molar-refractivity contribution in [3.05, 3.63) is 28.2 Å². The molecule has 0 spiro atoms. The van der Waals surface area contributed by atoms with Crippen LogP contribution < -0.4 is 4.90 Å². The highest BCUT2D eigenvalue weighted by molar-refractivity contribution is 9.10. The van der Waals surface area contributed by atoms with Gasteiger partial charge < -0.3 is 4.90 Å². The van der Waals surface area contributed by atoms with Gasteiger partial charge in [0.15, 0.2) is 0 Å². The molecule has 1 saturated heterocycles. The van der Waals surface area contributed by atoms with Crippen molar-refractivity contribution in [2.45, 2.75) is 11.7 Å². The summed E-state index contributed by atoms with van der Waals surface area (Å²) in [6.45, 7) is -0.0268. The minimum atomic E-state index is -3.79. The highest BCUT2D eigenvalue weighted by Crippen LogP contribution is 2.30. The van der Waals surface area contributed by atoms with Crippen LogP contribution in [0.4, 0.5) is 5.69 Å². The molecule has 0 N–H and O–H groups in total. The molecule has 19 heavy (non-hydrogen) atoms. The van der Waals surface area contributed by atoms with Gasteiger partial charge in [0.05, 0.1) is 11.3 Å². The van der Waals surface area contributed by atoms with Crippen LogP contribution in [0.3, 0.4) is 0 Å². The molecule has 1 amide bonds. The largest absolute Gasteiger partial charge is 0.310 e. The number of halogens is 2. The quantitative estimate of drug-likeness (QED) is 0.753. The third-order valence-corrected chi connectivity index (χ3v) is 5.22. The Labute approximate surface area is 123 Å². The van der Waals surface area contributed by atoms with Crippen LogP contribution in [0.1, 0.15) is 12.0 Å². The maximum Gasteiger partial charge on any atom is 0.237 e. The molecule has 1 aliphatic heterocycles. The van der Waals surface area contributed by atoms with Crippen molar-refractivity contribution in [3.8, 4) is 6.07 Å². The van der Waals surface area contributed by atoms with E-state index in [0.717, 1.165) is 0 Å². The van der Waals surface area contributed by atoms with Gasteiger partial charge in [-0.1, -0.05) is 15.9 Å². The summed E-state index contributed by atoms with van der Waals surface area (Å²) in [6.07, 6.45) is -0.160. The Hall–Kier alpha value is -1.10. The number of nitrogens with zero attached hydrogens (tertiary/aromatic N) is 2. The average molecular weight is 364 g/mol. The van der Waals surface area contributed by atoms with E-state index in [4.69, 9.17) is 15.9 Å². The van der Waals surface area contributed by atoms with E-state index in [1.165, 1.54) is 4.90 Å². The predicted molar refractivity (Wildman–Crippen MR) is 74.4 cm³/mol. The Bertz CT molecular complexity index is 684. The lowest BCUT2D eigenvalue weighted by Crippen LogP contribution is -2.27. The van der Waals surface area contributed by atoms with Gasteiger partial charge in [-0.2, -0.15) is 5.26 Å². The molecule has 8 heteroatoms. The summed E-state index contributed by atoms with van der Waals surface area (Å²) in [5.74, 6) is -0.354. The van der Waals surface area contributed by atoms with Crippen molar-refractivity contribution >= 4 is 47.3 Å². The van der Waals surface area contributed by atoms with Crippen LogP contribution >= 0.6 is 26.6 Å². The van der Waals surface area contributed by atoms with Gasteiger partial charge in [-0.25, -0.2) is 8.42 Å². The zero-order valence-corrected chi connectivity index (χ0v) is 12.7. The van der Waals surface area contributed by atoms with Crippen LogP contribution in [0.5, 0.6) is 0 Å². The molecular weight excluding hydrogens is 356 g/mol. The maximum atomic E-state index is 11.9. The van der Waals surface area contributed by atoms with Gasteiger partial charge in [0.25, 0.3) is 0 Å². The van der Waals surface area contributed by atoms with Gasteiger partial charge >= 0.3 is 0 Å². The number of anilines is 1. The van der Waals surface area contributed by atoms with E-state index in [2.05, 4.69) is 15.9 Å². The highest BCUT2D eigenvalue weighted by Gasteiger charge is 2.38. The summed E-state index contributed by atoms with van der Waals surface area (Å²) in [6, 6.07) is 6.84. The Kier molecular flexibility index (Phi) is 3.85. The molecular formula is C11H8BrClN2O3S. The molecule has 1 aromatic carbocycles. The number of rotatable bonds is 2. The van der Waals surface area contributed by atoms with E-state index in [1.54, 1.807) is 18.2 Å². The summed E-state index contributed by atoms with van der Waals surface area (Å²) in [5.41, 5.74) is 0.703. The lowest BCUT2D eigenvalue weighted by atomic mass is 10.2. The van der Waals surface area contributed by atoms with Crippen molar-refractivity contribution in [1.29, 1.82) is 5.26 Å². The molecule has 1 aromatic rings. The number of hydrogen-bond acceptors (Lipinski definition) is 4. The molecule has 1 unspecified atom stereocenters. The van der Waals surface area contributed by atoms with Crippen molar-refractivity contribution in [1.82, 2.24) is 0 Å². The first kappa shape index (κ1) is 14.3. The summed E-state index contributed by atoms with van der Waals surface area (Å²) < 4.78 is 23.3. The minimum absolute atomic E-state index is 0.0268. The van der Waals surface area contributed by atoms with Crippen molar-refractivity contribution in [3.63, 3.8) is 0 Å². The number of hydrogen-bond donors (Lipinski definition) is 0. The standard InChI is InChI=1S/C11H8BrClN2O3S/c12-8-1-2-10(7(3-8)5-14)15-6-9(4-11(15)16)19(13,17)18/h1-3,9H,4,6H2. The van der Waals surface area contributed by atoms with Crippen LogP contribution in [0.25, 0.3) is 0 Å². The van der Waals surface area contributed by atoms with Crippen LogP contribution in [-0.2, 0) is 13.8 Å². The summed E-state index contributed by atoms with van der Waals surface area (Å²) in [4.78, 5) is 13.2. The Morgan fingerprint density at radius 3 is 2.68 bits per heavy atom. The Morgan fingerprint density at radius 1 is 1.47 bits per heavy atom. The number of nitriles is 1. The lowest BCUT2D eigenvalue weighted by Gasteiger charge is -2.17. The second-order valence-corrected chi connectivity index (χ2v) is 7.90. The van der Waals surface area contributed by atoms with Crippen LogP contribution in [0.15, 0.2) is 22.7 Å². The smallest absolute Gasteiger partial charge is 0.237 e. The molecule has 100 valence electrons. The second-order valence-electron chi connectivity index (χ2n) is 4.08. The topological polar surface area (TPSA) is 78.2 Å². The van der Waals surface area contributed by atoms with Gasteiger partial charge in [0.2, 0.25) is 15.0 Å². The molecule has 1 aliphatic rings. The first-order valence-corrected chi connectivity index (χ1v) is 8.43. The van der Waals surface area contributed by atoms with E-state index < -0.39 is 14.3 Å². The number of carbonyl (C=O) groups excluding carboxylic acids is 1. The molecule has 0 saturated carbocycles. The van der Waals surface area contributed by atoms with Crippen LogP contribution in [0, 0.1) is 11.3 Å². The van der Waals surface area contributed by atoms with Gasteiger partial charge in [-0.3, -0.25) is 4.79 Å². The minimum Gasteiger partial charge on any atom is -0.310 e. The van der Waals surface area contributed by atoms with Crippen molar-refractivity contribution in [2.24, 2.45) is 0 Å². The Balaban J connectivity index is 2.39. The summed E-state index contributed by atoms with van der Waals surface area (Å²) in [5, 5.41) is 8.13. The molecule has 0 aliphatic carbocycles. The van der Waals surface area contributed by atoms with E-state index >= 15 is 0 Å². The first-order valence-electron chi connectivity index (χ1n) is 5.26. The predicted octanol–water partition coefficient (Wildman–Crippen LogP) is 1.99. The maximum absolute atomic E-state index is 11.9. The number of amides is 1. The molecule has 1 atom stereocenters. The average Bonchev–Trinajstić information content (AvgIpc) is 2.71. The molecule has 0 aromatic heterocycles. The third kappa shape index (κ3) is 2.91. The number of carbonyl (C=O) groups is 1. The molecule has 0 bridgehead atoms. The van der Waals surface area contributed by atoms with E-state index in [1.807, 2.05) is 6.07 Å². The molecule has 1 fully saturated rings. The number of benzene rings is 1. The monoisotopic (exact) mass is 362 g/mol. The SMILES string of the molecule is N#Cc1cc(Br)ccc1N1CC(S(=O)(=O)Cl)CC1=O.